The second-order valence-electron chi connectivity index (χ2n) is 7.10. The summed E-state index contributed by atoms with van der Waals surface area (Å²) in [6.07, 6.45) is 1.72. The highest BCUT2D eigenvalue weighted by Crippen LogP contribution is 2.33. The smallest absolute Gasteiger partial charge is 0.240 e. The second-order valence-corrected chi connectivity index (χ2v) is 7.48. The molecule has 0 aliphatic carbocycles. The van der Waals surface area contributed by atoms with E-state index in [-0.39, 0.29) is 23.9 Å². The molecule has 7 heteroatoms. The number of hydrogen-bond acceptors (Lipinski definition) is 4. The van der Waals surface area contributed by atoms with E-state index >= 15 is 0 Å². The molecule has 2 heterocycles. The van der Waals surface area contributed by atoms with Crippen molar-refractivity contribution in [1.29, 1.82) is 0 Å². The molecule has 1 atom stereocenters. The summed E-state index contributed by atoms with van der Waals surface area (Å²) in [6.45, 7) is 10.3. The van der Waals surface area contributed by atoms with E-state index in [2.05, 4.69) is 43.2 Å². The summed E-state index contributed by atoms with van der Waals surface area (Å²) in [6, 6.07) is 3.61. The maximum Gasteiger partial charge on any atom is 0.240 e. The van der Waals surface area contributed by atoms with Crippen LogP contribution < -0.4 is 5.32 Å². The van der Waals surface area contributed by atoms with Crippen molar-refractivity contribution >= 4 is 18.1 Å². The Balaban J connectivity index is 2.17. The Kier molecular flexibility index (Phi) is 5.64. The summed E-state index contributed by atoms with van der Waals surface area (Å²) in [4.78, 5) is 12.6. The molecule has 0 aliphatic heterocycles. The minimum absolute atomic E-state index is 0.112. The Bertz CT molecular complexity index is 751. The summed E-state index contributed by atoms with van der Waals surface area (Å²) < 4.78 is 7.95. The number of carbonyl (C=O) groups is 1. The van der Waals surface area contributed by atoms with Gasteiger partial charge in [-0.15, -0.1) is 0 Å². The quantitative estimate of drug-likeness (QED) is 0.779. The number of nitrogens with one attached hydrogen (secondary N) is 2. The molecule has 0 unspecified atom stereocenters. The first kappa shape index (κ1) is 18.4. The third-order valence-corrected chi connectivity index (χ3v) is 4.14. The number of furan rings is 1. The molecule has 0 radical (unpaired) electrons. The number of nitrogens with zero attached hydrogens (tertiary/aromatic N) is 2. The van der Waals surface area contributed by atoms with Crippen LogP contribution in [0.3, 0.4) is 0 Å². The summed E-state index contributed by atoms with van der Waals surface area (Å²) in [5.74, 6) is 2.28. The maximum atomic E-state index is 12.6. The van der Waals surface area contributed by atoms with Crippen molar-refractivity contribution in [3.63, 3.8) is 0 Å². The highest BCUT2D eigenvalue weighted by Gasteiger charge is 2.30. The van der Waals surface area contributed by atoms with Crippen LogP contribution in [0, 0.1) is 17.1 Å². The van der Waals surface area contributed by atoms with Crippen molar-refractivity contribution in [2.75, 3.05) is 0 Å². The molecule has 0 spiro atoms. The fourth-order valence-corrected chi connectivity index (χ4v) is 2.82. The number of hydrogen-bond donors (Lipinski definition) is 2. The number of H-pyrrole nitrogens is 1. The van der Waals surface area contributed by atoms with Crippen LogP contribution in [0.4, 0.5) is 0 Å². The van der Waals surface area contributed by atoms with Crippen LogP contribution in [0.25, 0.3) is 0 Å². The Morgan fingerprint density at radius 2 is 2.17 bits per heavy atom. The number of carbonyl (C=O) groups excluding carboxylic acids is 1. The molecule has 0 aliphatic rings. The van der Waals surface area contributed by atoms with E-state index in [0.717, 1.165) is 30.2 Å². The van der Waals surface area contributed by atoms with E-state index < -0.39 is 0 Å². The van der Waals surface area contributed by atoms with Gasteiger partial charge >= 0.3 is 0 Å². The van der Waals surface area contributed by atoms with Gasteiger partial charge in [-0.05, 0) is 43.1 Å². The molecule has 0 fully saturated rings. The molecular weight excluding hydrogens is 324 g/mol. The van der Waals surface area contributed by atoms with E-state index in [1.54, 1.807) is 4.57 Å². The van der Waals surface area contributed by atoms with Gasteiger partial charge in [-0.25, -0.2) is 0 Å². The van der Waals surface area contributed by atoms with Gasteiger partial charge < -0.3 is 9.73 Å². The molecule has 0 saturated carbocycles. The molecule has 2 rings (SSSR count). The summed E-state index contributed by atoms with van der Waals surface area (Å²) in [5.41, 5.74) is -0.177. The first-order valence-corrected chi connectivity index (χ1v) is 8.63. The minimum Gasteiger partial charge on any atom is -0.464 e. The van der Waals surface area contributed by atoms with Crippen molar-refractivity contribution in [3.8, 4) is 0 Å². The van der Waals surface area contributed by atoms with Gasteiger partial charge in [0, 0.05) is 6.42 Å². The number of amides is 1. The van der Waals surface area contributed by atoms with Crippen molar-refractivity contribution < 1.29 is 9.21 Å². The Morgan fingerprint density at radius 1 is 1.46 bits per heavy atom. The highest BCUT2D eigenvalue weighted by atomic mass is 32.1. The lowest BCUT2D eigenvalue weighted by Crippen LogP contribution is -2.38. The SMILES string of the molecule is CCCc1n[nH]c(=S)n1CC(=O)N[C@H](c1ccc(C)o1)C(C)(C)C. The topological polar surface area (TPSA) is 75.8 Å². The molecule has 1 amide bonds. The van der Waals surface area contributed by atoms with Crippen LogP contribution in [0.5, 0.6) is 0 Å². The lowest BCUT2D eigenvalue weighted by atomic mass is 9.85. The lowest BCUT2D eigenvalue weighted by molar-refractivity contribution is -0.123. The van der Waals surface area contributed by atoms with E-state index in [1.165, 1.54) is 0 Å². The van der Waals surface area contributed by atoms with Crippen LogP contribution >= 0.6 is 12.2 Å². The molecule has 0 aromatic carbocycles. The van der Waals surface area contributed by atoms with Gasteiger partial charge in [0.05, 0.1) is 6.04 Å². The van der Waals surface area contributed by atoms with Gasteiger partial charge in [0.25, 0.3) is 0 Å². The Labute approximate surface area is 147 Å². The maximum absolute atomic E-state index is 12.6. The average Bonchev–Trinajstić information content (AvgIpc) is 3.04. The Morgan fingerprint density at radius 3 is 2.71 bits per heavy atom. The van der Waals surface area contributed by atoms with Crippen molar-refractivity contribution in [3.05, 3.63) is 34.2 Å². The molecule has 2 aromatic rings. The van der Waals surface area contributed by atoms with Gasteiger partial charge in [0.2, 0.25) is 5.91 Å². The van der Waals surface area contributed by atoms with Gasteiger partial charge in [0.15, 0.2) is 4.77 Å². The average molecular weight is 350 g/mol. The first-order valence-electron chi connectivity index (χ1n) is 8.22. The zero-order chi connectivity index (χ0) is 17.9. The number of aryl methyl sites for hydroxylation is 2. The van der Waals surface area contributed by atoms with Gasteiger partial charge in [-0.1, -0.05) is 27.7 Å². The fourth-order valence-electron chi connectivity index (χ4n) is 2.60. The van der Waals surface area contributed by atoms with E-state index in [4.69, 9.17) is 16.6 Å². The van der Waals surface area contributed by atoms with Gasteiger partial charge in [-0.3, -0.25) is 14.5 Å². The lowest BCUT2D eigenvalue weighted by Gasteiger charge is -2.30. The van der Waals surface area contributed by atoms with Crippen LogP contribution in [0.1, 0.15) is 57.5 Å². The largest absolute Gasteiger partial charge is 0.464 e. The van der Waals surface area contributed by atoms with E-state index in [0.29, 0.717) is 4.77 Å². The third kappa shape index (κ3) is 4.35. The first-order chi connectivity index (χ1) is 11.2. The number of aromatic nitrogens is 3. The van der Waals surface area contributed by atoms with Crippen LogP contribution in [0.15, 0.2) is 16.5 Å². The van der Waals surface area contributed by atoms with Crippen molar-refractivity contribution in [1.82, 2.24) is 20.1 Å². The third-order valence-electron chi connectivity index (χ3n) is 3.83. The predicted molar refractivity (Wildman–Crippen MR) is 95.2 cm³/mol. The molecule has 2 N–H and O–H groups in total. The van der Waals surface area contributed by atoms with E-state index in [9.17, 15) is 4.79 Å². The molecular formula is C17H26N4O2S. The predicted octanol–water partition coefficient (Wildman–Crippen LogP) is 3.70. The minimum atomic E-state index is -0.214. The van der Waals surface area contributed by atoms with Crippen LogP contribution in [-0.2, 0) is 17.8 Å². The fraction of sp³-hybridized carbons (Fsp3) is 0.588. The van der Waals surface area contributed by atoms with Crippen molar-refractivity contribution in [2.24, 2.45) is 5.41 Å². The summed E-state index contributed by atoms with van der Waals surface area (Å²) >= 11 is 5.24. The standard InChI is InChI=1S/C17H26N4O2S/c1-6-7-13-19-20-16(24)21(13)10-14(22)18-15(17(3,4)5)12-9-8-11(2)23-12/h8-9,15H,6-7,10H2,1-5H3,(H,18,22)(H,20,24)/t15-/m1/s1. The number of rotatable bonds is 6. The normalized spacial score (nSPS) is 13.0. The monoisotopic (exact) mass is 350 g/mol. The summed E-state index contributed by atoms with van der Waals surface area (Å²) in [5, 5.41) is 10.0. The van der Waals surface area contributed by atoms with Crippen molar-refractivity contribution in [2.45, 2.75) is 60.0 Å². The van der Waals surface area contributed by atoms with Crippen LogP contribution in [-0.4, -0.2) is 20.7 Å². The molecule has 6 nitrogen and oxygen atoms in total. The zero-order valence-corrected chi connectivity index (χ0v) is 15.8. The molecule has 132 valence electrons. The molecule has 2 aromatic heterocycles. The Hall–Kier alpha value is -1.89. The highest BCUT2D eigenvalue weighted by molar-refractivity contribution is 7.71. The second kappa shape index (κ2) is 7.34. The summed E-state index contributed by atoms with van der Waals surface area (Å²) in [7, 11) is 0. The van der Waals surface area contributed by atoms with Gasteiger partial charge in [0.1, 0.15) is 23.9 Å². The molecule has 0 bridgehead atoms. The molecule has 24 heavy (non-hydrogen) atoms. The van der Waals surface area contributed by atoms with Crippen LogP contribution in [0.2, 0.25) is 0 Å². The van der Waals surface area contributed by atoms with Gasteiger partial charge in [-0.2, -0.15) is 5.10 Å². The van der Waals surface area contributed by atoms with E-state index in [1.807, 2.05) is 19.1 Å². The number of aromatic amines is 1. The zero-order valence-electron chi connectivity index (χ0n) is 15.0. The molecule has 0 saturated heterocycles.